The van der Waals surface area contributed by atoms with Crippen molar-refractivity contribution in [2.45, 2.75) is 16.3 Å². The van der Waals surface area contributed by atoms with Crippen LogP contribution in [0, 0.1) is 0 Å². The monoisotopic (exact) mass is 482 g/mol. The topological polar surface area (TPSA) is 90.9 Å². The number of anilines is 1. The van der Waals surface area contributed by atoms with Crippen LogP contribution in [-0.4, -0.2) is 23.0 Å². The number of hydrogen-bond donors (Lipinski definition) is 1. The first-order chi connectivity index (χ1) is 15.3. The quantitative estimate of drug-likeness (QED) is 0.372. The molecular formula is C23H16Cl2N4O2S. The summed E-state index contributed by atoms with van der Waals surface area (Å²) in [6.45, 7) is 0.308. The number of rotatable bonds is 4. The Balaban J connectivity index is 1.80. The van der Waals surface area contributed by atoms with E-state index < -0.39 is 9.84 Å². The fourth-order valence-electron chi connectivity index (χ4n) is 3.62. The Labute approximate surface area is 194 Å². The zero-order valence-electron chi connectivity index (χ0n) is 16.5. The Bertz CT molecular complexity index is 1580. The van der Waals surface area contributed by atoms with Crippen molar-refractivity contribution in [2.75, 3.05) is 5.73 Å². The molecule has 0 radical (unpaired) electrons. The van der Waals surface area contributed by atoms with Gasteiger partial charge in [-0.05, 0) is 54.1 Å². The maximum atomic E-state index is 13.6. The minimum Gasteiger partial charge on any atom is -0.384 e. The number of aromatic nitrogens is 3. The Morgan fingerprint density at radius 2 is 1.38 bits per heavy atom. The highest BCUT2D eigenvalue weighted by Gasteiger charge is 2.30. The molecule has 0 aliphatic rings. The van der Waals surface area contributed by atoms with Crippen molar-refractivity contribution >= 4 is 61.1 Å². The van der Waals surface area contributed by atoms with Crippen LogP contribution < -0.4 is 5.73 Å². The molecule has 0 unspecified atom stereocenters. The van der Waals surface area contributed by atoms with E-state index in [2.05, 4.69) is 4.98 Å². The van der Waals surface area contributed by atoms with Crippen molar-refractivity contribution in [3.05, 3.63) is 88.4 Å². The molecule has 0 atom stereocenters. The van der Waals surface area contributed by atoms with Crippen molar-refractivity contribution in [2.24, 2.45) is 0 Å². The van der Waals surface area contributed by atoms with Crippen molar-refractivity contribution in [1.29, 1.82) is 0 Å². The van der Waals surface area contributed by atoms with Crippen LogP contribution in [0.25, 0.3) is 22.2 Å². The summed E-state index contributed by atoms with van der Waals surface area (Å²) in [6, 6.07) is 20.5. The summed E-state index contributed by atoms with van der Waals surface area (Å²) in [6.07, 6.45) is 0. The molecule has 0 saturated heterocycles. The predicted molar refractivity (Wildman–Crippen MR) is 127 cm³/mol. The molecule has 0 amide bonds. The van der Waals surface area contributed by atoms with Gasteiger partial charge in [0, 0.05) is 10.0 Å². The van der Waals surface area contributed by atoms with E-state index in [4.69, 9.17) is 33.9 Å². The highest BCUT2D eigenvalue weighted by atomic mass is 35.5. The molecule has 5 aromatic rings. The van der Waals surface area contributed by atoms with Gasteiger partial charge in [0.15, 0.2) is 5.65 Å². The van der Waals surface area contributed by atoms with Crippen LogP contribution in [0.1, 0.15) is 5.56 Å². The van der Waals surface area contributed by atoms with Gasteiger partial charge < -0.3 is 10.3 Å². The standard InChI is InChI=1S/C23H16Cl2N4O2S/c24-15-7-5-14(6-8-15)13-29-22(26)21(32(30,31)17-11-9-16(25)10-12-17)20-23(29)28-19-4-2-1-3-18(19)27-20/h1-12H,13,26H2. The summed E-state index contributed by atoms with van der Waals surface area (Å²) < 4.78 is 28.9. The van der Waals surface area contributed by atoms with Crippen molar-refractivity contribution < 1.29 is 8.42 Å². The van der Waals surface area contributed by atoms with Crippen LogP contribution in [0.15, 0.2) is 82.6 Å². The lowest BCUT2D eigenvalue weighted by Gasteiger charge is -2.09. The van der Waals surface area contributed by atoms with Gasteiger partial charge in [0.1, 0.15) is 16.2 Å². The second-order valence-corrected chi connectivity index (χ2v) is 10.0. The second-order valence-electron chi connectivity index (χ2n) is 7.27. The van der Waals surface area contributed by atoms with Gasteiger partial charge in [0.25, 0.3) is 0 Å². The van der Waals surface area contributed by atoms with Gasteiger partial charge in [-0.25, -0.2) is 18.4 Å². The van der Waals surface area contributed by atoms with E-state index in [-0.39, 0.29) is 21.1 Å². The Morgan fingerprint density at radius 3 is 2.00 bits per heavy atom. The zero-order chi connectivity index (χ0) is 22.5. The molecule has 32 heavy (non-hydrogen) atoms. The van der Waals surface area contributed by atoms with Gasteiger partial charge in [-0.15, -0.1) is 0 Å². The third-order valence-corrected chi connectivity index (χ3v) is 7.53. The van der Waals surface area contributed by atoms with Crippen molar-refractivity contribution in [3.8, 4) is 0 Å². The second kappa shape index (κ2) is 7.78. The number of nitrogens with zero attached hydrogens (tertiary/aromatic N) is 3. The number of benzene rings is 3. The molecule has 160 valence electrons. The minimum atomic E-state index is -3.99. The van der Waals surface area contributed by atoms with E-state index in [1.54, 1.807) is 22.8 Å². The molecule has 3 aromatic carbocycles. The van der Waals surface area contributed by atoms with Gasteiger partial charge in [-0.2, -0.15) is 0 Å². The van der Waals surface area contributed by atoms with Gasteiger partial charge >= 0.3 is 0 Å². The van der Waals surface area contributed by atoms with Crippen molar-refractivity contribution in [3.63, 3.8) is 0 Å². The number of para-hydroxylation sites is 2. The average Bonchev–Trinajstić information content (AvgIpc) is 3.05. The normalized spacial score (nSPS) is 11.9. The zero-order valence-corrected chi connectivity index (χ0v) is 18.9. The van der Waals surface area contributed by atoms with Crippen LogP contribution in [0.3, 0.4) is 0 Å². The number of hydrogen-bond acceptors (Lipinski definition) is 5. The number of nitrogens with two attached hydrogens (primary N) is 1. The van der Waals surface area contributed by atoms with E-state index in [0.29, 0.717) is 33.3 Å². The van der Waals surface area contributed by atoms with E-state index in [1.165, 1.54) is 24.3 Å². The summed E-state index contributed by atoms with van der Waals surface area (Å²) >= 11 is 12.0. The molecule has 0 spiro atoms. The summed E-state index contributed by atoms with van der Waals surface area (Å²) in [7, 11) is -3.99. The lowest BCUT2D eigenvalue weighted by Crippen LogP contribution is -2.09. The molecule has 5 rings (SSSR count). The lowest BCUT2D eigenvalue weighted by molar-refractivity contribution is 0.597. The number of fused-ring (bicyclic) bond motifs is 2. The molecular weight excluding hydrogens is 467 g/mol. The molecule has 2 aromatic heterocycles. The number of nitrogen functional groups attached to an aromatic ring is 1. The first-order valence-electron chi connectivity index (χ1n) is 9.64. The van der Waals surface area contributed by atoms with E-state index in [0.717, 1.165) is 5.56 Å². The van der Waals surface area contributed by atoms with E-state index >= 15 is 0 Å². The van der Waals surface area contributed by atoms with Crippen molar-refractivity contribution in [1.82, 2.24) is 14.5 Å². The van der Waals surface area contributed by atoms with Crippen LogP contribution in [0.4, 0.5) is 5.82 Å². The maximum Gasteiger partial charge on any atom is 0.212 e. The Morgan fingerprint density at radius 1 is 0.812 bits per heavy atom. The van der Waals surface area contributed by atoms with Gasteiger partial charge in [-0.3, -0.25) is 0 Å². The third kappa shape index (κ3) is 3.48. The summed E-state index contributed by atoms with van der Waals surface area (Å²) in [4.78, 5) is 9.35. The molecule has 0 fully saturated rings. The summed E-state index contributed by atoms with van der Waals surface area (Å²) in [5, 5.41) is 1.05. The third-order valence-electron chi connectivity index (χ3n) is 5.19. The largest absolute Gasteiger partial charge is 0.384 e. The fraction of sp³-hybridized carbons (Fsp3) is 0.0435. The highest BCUT2D eigenvalue weighted by Crippen LogP contribution is 2.36. The summed E-state index contributed by atoms with van der Waals surface area (Å²) in [5.41, 5.74) is 9.20. The average molecular weight is 483 g/mol. The molecule has 2 N–H and O–H groups in total. The summed E-state index contributed by atoms with van der Waals surface area (Å²) in [5.74, 6) is 0.0696. The van der Waals surface area contributed by atoms with Gasteiger partial charge in [0.2, 0.25) is 9.84 Å². The number of sulfone groups is 1. The molecule has 0 aliphatic carbocycles. The lowest BCUT2D eigenvalue weighted by atomic mass is 10.2. The predicted octanol–water partition coefficient (Wildman–Crippen LogP) is 5.35. The molecule has 0 aliphatic heterocycles. The van der Waals surface area contributed by atoms with Crippen LogP contribution in [0.5, 0.6) is 0 Å². The molecule has 9 heteroatoms. The van der Waals surface area contributed by atoms with Crippen LogP contribution >= 0.6 is 23.2 Å². The van der Waals surface area contributed by atoms with Gasteiger partial charge in [-0.1, -0.05) is 47.5 Å². The van der Waals surface area contributed by atoms with Crippen LogP contribution in [-0.2, 0) is 16.4 Å². The highest BCUT2D eigenvalue weighted by molar-refractivity contribution is 7.92. The molecule has 0 bridgehead atoms. The fourth-order valence-corrected chi connectivity index (χ4v) is 5.38. The van der Waals surface area contributed by atoms with Crippen LogP contribution in [0.2, 0.25) is 10.0 Å². The first kappa shape index (κ1) is 20.8. The smallest absolute Gasteiger partial charge is 0.212 e. The van der Waals surface area contributed by atoms with Gasteiger partial charge in [0.05, 0.1) is 22.5 Å². The molecule has 0 saturated carbocycles. The molecule has 2 heterocycles. The van der Waals surface area contributed by atoms with E-state index in [9.17, 15) is 8.42 Å². The molecule has 6 nitrogen and oxygen atoms in total. The maximum absolute atomic E-state index is 13.6. The Hall–Kier alpha value is -3.13. The number of halogens is 2. The SMILES string of the molecule is Nc1c(S(=O)(=O)c2ccc(Cl)cc2)c2nc3ccccc3nc2n1Cc1ccc(Cl)cc1. The first-order valence-corrected chi connectivity index (χ1v) is 11.9. The Kier molecular flexibility index (Phi) is 5.04. The van der Waals surface area contributed by atoms with E-state index in [1.807, 2.05) is 30.3 Å². The minimum absolute atomic E-state index is 0.0676.